The van der Waals surface area contributed by atoms with Crippen LogP contribution < -0.4 is 10.6 Å². The molecule has 0 aliphatic carbocycles. The molecule has 3 aromatic rings. The van der Waals surface area contributed by atoms with Crippen LogP contribution in [0, 0.1) is 6.92 Å². The molecule has 4 heteroatoms. The number of hydrogen-bond donors (Lipinski definition) is 2. The molecule has 22 heavy (non-hydrogen) atoms. The maximum atomic E-state index is 4.47. The van der Waals surface area contributed by atoms with Gasteiger partial charge in [0, 0.05) is 18.4 Å². The summed E-state index contributed by atoms with van der Waals surface area (Å²) < 4.78 is 0. The van der Waals surface area contributed by atoms with Gasteiger partial charge in [-0.15, -0.1) is 0 Å². The van der Waals surface area contributed by atoms with Gasteiger partial charge in [0.25, 0.3) is 0 Å². The molecule has 0 radical (unpaired) electrons. The number of nitrogens with zero attached hydrogens (tertiary/aromatic N) is 2. The average molecular weight is 290 g/mol. The Kier molecular flexibility index (Phi) is 4.30. The number of rotatable bonds is 5. The summed E-state index contributed by atoms with van der Waals surface area (Å²) in [5, 5.41) is 6.50. The first-order valence-electron chi connectivity index (χ1n) is 7.24. The smallest absolute Gasteiger partial charge is 0.229 e. The van der Waals surface area contributed by atoms with Crippen molar-refractivity contribution < 1.29 is 0 Å². The highest BCUT2D eigenvalue weighted by atomic mass is 15.1. The van der Waals surface area contributed by atoms with Crippen molar-refractivity contribution in [3.05, 3.63) is 78.0 Å². The van der Waals surface area contributed by atoms with Crippen LogP contribution in [0.5, 0.6) is 0 Å². The second kappa shape index (κ2) is 6.72. The van der Waals surface area contributed by atoms with Crippen LogP contribution in [0.4, 0.5) is 17.5 Å². The maximum absolute atomic E-state index is 4.47. The summed E-state index contributed by atoms with van der Waals surface area (Å²) in [6.07, 6.45) is 1.75. The van der Waals surface area contributed by atoms with Gasteiger partial charge in [0.2, 0.25) is 5.95 Å². The highest BCUT2D eigenvalue weighted by molar-refractivity contribution is 5.54. The quantitative estimate of drug-likeness (QED) is 0.741. The largest absolute Gasteiger partial charge is 0.366 e. The molecular weight excluding hydrogens is 272 g/mol. The number of anilines is 3. The SMILES string of the molecule is Cc1ccc(CNc2ccnc(Nc3ccccc3)n2)cc1. The Morgan fingerprint density at radius 1 is 0.909 bits per heavy atom. The van der Waals surface area contributed by atoms with Gasteiger partial charge in [-0.05, 0) is 30.7 Å². The summed E-state index contributed by atoms with van der Waals surface area (Å²) in [4.78, 5) is 8.71. The Morgan fingerprint density at radius 2 is 1.68 bits per heavy atom. The summed E-state index contributed by atoms with van der Waals surface area (Å²) in [5.74, 6) is 1.38. The monoisotopic (exact) mass is 290 g/mol. The van der Waals surface area contributed by atoms with E-state index >= 15 is 0 Å². The average Bonchev–Trinajstić information content (AvgIpc) is 2.56. The minimum Gasteiger partial charge on any atom is -0.366 e. The molecule has 0 bridgehead atoms. The van der Waals surface area contributed by atoms with Gasteiger partial charge in [-0.25, -0.2) is 4.98 Å². The van der Waals surface area contributed by atoms with E-state index in [1.807, 2.05) is 36.4 Å². The lowest BCUT2D eigenvalue weighted by molar-refractivity contribution is 1.08. The summed E-state index contributed by atoms with van der Waals surface area (Å²) in [6.45, 7) is 2.82. The first-order chi connectivity index (χ1) is 10.8. The van der Waals surface area contributed by atoms with E-state index in [2.05, 4.69) is 51.8 Å². The maximum Gasteiger partial charge on any atom is 0.229 e. The number of aromatic nitrogens is 2. The summed E-state index contributed by atoms with van der Waals surface area (Å²) in [6, 6.07) is 20.2. The molecule has 0 atom stereocenters. The van der Waals surface area contributed by atoms with Crippen LogP contribution in [-0.2, 0) is 6.54 Å². The summed E-state index contributed by atoms with van der Waals surface area (Å²) in [5.41, 5.74) is 3.46. The predicted molar refractivity (Wildman–Crippen MR) is 90.3 cm³/mol. The zero-order valence-corrected chi connectivity index (χ0v) is 12.5. The van der Waals surface area contributed by atoms with E-state index in [4.69, 9.17) is 0 Å². The molecule has 1 aromatic heterocycles. The Balaban J connectivity index is 1.65. The second-order valence-corrected chi connectivity index (χ2v) is 5.10. The van der Waals surface area contributed by atoms with Gasteiger partial charge in [-0.1, -0.05) is 48.0 Å². The molecule has 0 saturated heterocycles. The van der Waals surface area contributed by atoms with Crippen LogP contribution in [0.2, 0.25) is 0 Å². The van der Waals surface area contributed by atoms with Crippen LogP contribution in [0.1, 0.15) is 11.1 Å². The zero-order valence-electron chi connectivity index (χ0n) is 12.5. The molecule has 0 aliphatic heterocycles. The third-order valence-corrected chi connectivity index (χ3v) is 3.28. The third-order valence-electron chi connectivity index (χ3n) is 3.28. The van der Waals surface area contributed by atoms with Crippen molar-refractivity contribution in [2.45, 2.75) is 13.5 Å². The van der Waals surface area contributed by atoms with Crippen LogP contribution in [0.25, 0.3) is 0 Å². The Morgan fingerprint density at radius 3 is 2.45 bits per heavy atom. The lowest BCUT2D eigenvalue weighted by Crippen LogP contribution is -2.04. The van der Waals surface area contributed by atoms with Crippen LogP contribution in [-0.4, -0.2) is 9.97 Å². The van der Waals surface area contributed by atoms with Crippen LogP contribution in [0.15, 0.2) is 66.9 Å². The van der Waals surface area contributed by atoms with Crippen molar-refractivity contribution in [3.8, 4) is 0 Å². The first-order valence-corrected chi connectivity index (χ1v) is 7.24. The van der Waals surface area contributed by atoms with E-state index < -0.39 is 0 Å². The van der Waals surface area contributed by atoms with Gasteiger partial charge < -0.3 is 10.6 Å². The molecule has 110 valence electrons. The van der Waals surface area contributed by atoms with Crippen molar-refractivity contribution in [2.75, 3.05) is 10.6 Å². The Hall–Kier alpha value is -2.88. The molecule has 4 nitrogen and oxygen atoms in total. The van der Waals surface area contributed by atoms with Crippen LogP contribution in [0.3, 0.4) is 0 Å². The van der Waals surface area contributed by atoms with Gasteiger partial charge in [0.15, 0.2) is 0 Å². The fourth-order valence-corrected chi connectivity index (χ4v) is 2.07. The topological polar surface area (TPSA) is 49.8 Å². The fraction of sp³-hybridized carbons (Fsp3) is 0.111. The van der Waals surface area contributed by atoms with Gasteiger partial charge >= 0.3 is 0 Å². The molecule has 0 unspecified atom stereocenters. The molecule has 0 spiro atoms. The van der Waals surface area contributed by atoms with Gasteiger partial charge in [-0.2, -0.15) is 4.98 Å². The highest BCUT2D eigenvalue weighted by Gasteiger charge is 2.00. The van der Waals surface area contributed by atoms with Gasteiger partial charge in [-0.3, -0.25) is 0 Å². The number of aryl methyl sites for hydroxylation is 1. The van der Waals surface area contributed by atoms with E-state index in [-0.39, 0.29) is 0 Å². The van der Waals surface area contributed by atoms with Crippen LogP contribution >= 0.6 is 0 Å². The van der Waals surface area contributed by atoms with E-state index in [0.29, 0.717) is 5.95 Å². The minimum absolute atomic E-state index is 0.583. The Bertz CT molecular complexity index is 724. The van der Waals surface area contributed by atoms with Gasteiger partial charge in [0.1, 0.15) is 5.82 Å². The normalized spacial score (nSPS) is 10.2. The van der Waals surface area contributed by atoms with Crippen molar-refractivity contribution in [1.82, 2.24) is 9.97 Å². The third kappa shape index (κ3) is 3.82. The predicted octanol–water partition coefficient (Wildman–Crippen LogP) is 4.14. The van der Waals surface area contributed by atoms with Crippen molar-refractivity contribution in [1.29, 1.82) is 0 Å². The fourth-order valence-electron chi connectivity index (χ4n) is 2.07. The molecule has 2 N–H and O–H groups in total. The number of para-hydroxylation sites is 1. The summed E-state index contributed by atoms with van der Waals surface area (Å²) >= 11 is 0. The van der Waals surface area contributed by atoms with Gasteiger partial charge in [0.05, 0.1) is 0 Å². The van der Waals surface area contributed by atoms with Crippen molar-refractivity contribution in [2.24, 2.45) is 0 Å². The van der Waals surface area contributed by atoms with E-state index in [9.17, 15) is 0 Å². The second-order valence-electron chi connectivity index (χ2n) is 5.10. The number of nitrogens with one attached hydrogen (secondary N) is 2. The molecular formula is C18H18N4. The molecule has 0 fully saturated rings. The molecule has 3 rings (SSSR count). The molecule has 1 heterocycles. The summed E-state index contributed by atoms with van der Waals surface area (Å²) in [7, 11) is 0. The molecule has 0 amide bonds. The molecule has 0 aliphatic rings. The number of hydrogen-bond acceptors (Lipinski definition) is 4. The van der Waals surface area contributed by atoms with Crippen molar-refractivity contribution in [3.63, 3.8) is 0 Å². The molecule has 2 aromatic carbocycles. The van der Waals surface area contributed by atoms with E-state index in [0.717, 1.165) is 18.1 Å². The zero-order chi connectivity index (χ0) is 15.2. The first kappa shape index (κ1) is 14.1. The lowest BCUT2D eigenvalue weighted by atomic mass is 10.1. The molecule has 0 saturated carbocycles. The van der Waals surface area contributed by atoms with E-state index in [1.165, 1.54) is 11.1 Å². The Labute approximate surface area is 130 Å². The standard InChI is InChI=1S/C18H18N4/c1-14-7-9-15(10-8-14)13-20-17-11-12-19-18(22-17)21-16-5-3-2-4-6-16/h2-12H,13H2,1H3,(H2,19,20,21,22). The van der Waals surface area contributed by atoms with Crippen molar-refractivity contribution >= 4 is 17.5 Å². The number of benzene rings is 2. The van der Waals surface area contributed by atoms with E-state index in [1.54, 1.807) is 6.20 Å². The highest BCUT2D eigenvalue weighted by Crippen LogP contribution is 2.14. The minimum atomic E-state index is 0.583. The lowest BCUT2D eigenvalue weighted by Gasteiger charge is -2.08.